The van der Waals surface area contributed by atoms with Crippen LogP contribution in [-0.2, 0) is 19.6 Å². The summed E-state index contributed by atoms with van der Waals surface area (Å²) in [6.07, 6.45) is 2.94. The van der Waals surface area contributed by atoms with Crippen LogP contribution in [0.5, 0.6) is 0 Å². The third kappa shape index (κ3) is 4.67. The lowest BCUT2D eigenvalue weighted by Crippen LogP contribution is -2.52. The lowest BCUT2D eigenvalue weighted by atomic mass is 10.2. The minimum absolute atomic E-state index is 0.0941. The summed E-state index contributed by atoms with van der Waals surface area (Å²) in [7, 11) is -3.35. The van der Waals surface area contributed by atoms with Gasteiger partial charge in [-0.3, -0.25) is 9.10 Å². The predicted molar refractivity (Wildman–Crippen MR) is 118 cm³/mol. The number of piperazine rings is 1. The Morgan fingerprint density at radius 1 is 1.03 bits per heavy atom. The van der Waals surface area contributed by atoms with Gasteiger partial charge in [0.05, 0.1) is 17.0 Å². The number of carbonyl (C=O) groups is 2. The van der Waals surface area contributed by atoms with Crippen molar-refractivity contribution in [2.75, 3.05) is 47.7 Å². The van der Waals surface area contributed by atoms with Crippen LogP contribution in [0, 0.1) is 0 Å². The fourth-order valence-electron chi connectivity index (χ4n) is 3.84. The highest BCUT2D eigenvalue weighted by atomic mass is 32.2. The van der Waals surface area contributed by atoms with E-state index in [1.807, 2.05) is 4.90 Å². The Labute approximate surface area is 186 Å². The smallest absolute Gasteiger partial charge is 0.338 e. The maximum atomic E-state index is 12.8. The van der Waals surface area contributed by atoms with Gasteiger partial charge in [0.1, 0.15) is 0 Å². The topological polar surface area (TPSA) is 113 Å². The van der Waals surface area contributed by atoms with E-state index in [2.05, 4.69) is 9.97 Å². The molecular formula is C21H25N5O5S. The summed E-state index contributed by atoms with van der Waals surface area (Å²) < 4.78 is 31.0. The molecule has 32 heavy (non-hydrogen) atoms. The van der Waals surface area contributed by atoms with E-state index in [0.717, 1.165) is 0 Å². The van der Waals surface area contributed by atoms with Gasteiger partial charge in [-0.2, -0.15) is 0 Å². The van der Waals surface area contributed by atoms with Gasteiger partial charge in [-0.05, 0) is 37.6 Å². The van der Waals surface area contributed by atoms with Gasteiger partial charge >= 0.3 is 5.97 Å². The minimum Gasteiger partial charge on any atom is -0.449 e. The van der Waals surface area contributed by atoms with E-state index in [0.29, 0.717) is 50.8 Å². The fourth-order valence-corrected chi connectivity index (χ4v) is 5.39. The maximum absolute atomic E-state index is 12.8. The number of rotatable bonds is 5. The second-order valence-corrected chi connectivity index (χ2v) is 9.71. The molecule has 1 amide bonds. The highest BCUT2D eigenvalue weighted by Crippen LogP contribution is 2.25. The molecule has 3 heterocycles. The molecule has 2 aliphatic heterocycles. The van der Waals surface area contributed by atoms with Crippen LogP contribution >= 0.6 is 0 Å². The van der Waals surface area contributed by atoms with Gasteiger partial charge in [0.25, 0.3) is 5.91 Å². The highest BCUT2D eigenvalue weighted by molar-refractivity contribution is 7.93. The van der Waals surface area contributed by atoms with Gasteiger partial charge < -0.3 is 14.5 Å². The first-order valence-electron chi connectivity index (χ1n) is 10.5. The number of aromatic nitrogens is 2. The van der Waals surface area contributed by atoms with Crippen LogP contribution in [0.1, 0.15) is 23.7 Å². The number of hydrogen-bond donors (Lipinski definition) is 0. The molecule has 2 fully saturated rings. The van der Waals surface area contributed by atoms with Crippen molar-refractivity contribution >= 4 is 33.5 Å². The Bertz CT molecular complexity index is 1090. The molecule has 0 bridgehead atoms. The van der Waals surface area contributed by atoms with Crippen molar-refractivity contribution < 1.29 is 22.7 Å². The summed E-state index contributed by atoms with van der Waals surface area (Å²) in [4.78, 5) is 37.5. The molecule has 0 N–H and O–H groups in total. The second kappa shape index (κ2) is 9.11. The summed E-state index contributed by atoms with van der Waals surface area (Å²) in [6.45, 7) is 4.05. The van der Waals surface area contributed by atoms with Crippen LogP contribution in [0.4, 0.5) is 11.6 Å². The highest BCUT2D eigenvalue weighted by Gasteiger charge is 2.30. The van der Waals surface area contributed by atoms with E-state index in [-0.39, 0.29) is 17.2 Å². The van der Waals surface area contributed by atoms with Crippen LogP contribution in [0.2, 0.25) is 0 Å². The number of benzene rings is 1. The lowest BCUT2D eigenvalue weighted by Gasteiger charge is -2.35. The Morgan fingerprint density at radius 3 is 2.41 bits per heavy atom. The van der Waals surface area contributed by atoms with Crippen LogP contribution in [-0.4, -0.2) is 79.7 Å². The molecule has 2 aromatic rings. The SMILES string of the molecule is CC(OC(=O)c1cccc(N2CCCS2(=O)=O)c1)C(=O)N1CCN(c2ncccn2)CC1. The molecule has 0 aliphatic carbocycles. The number of carbonyl (C=O) groups excluding carboxylic acids is 2. The molecule has 10 nitrogen and oxygen atoms in total. The summed E-state index contributed by atoms with van der Waals surface area (Å²) >= 11 is 0. The number of anilines is 2. The molecule has 1 aromatic carbocycles. The van der Waals surface area contributed by atoms with Gasteiger partial charge in [0.2, 0.25) is 16.0 Å². The molecule has 2 saturated heterocycles. The van der Waals surface area contributed by atoms with Crippen molar-refractivity contribution in [3.8, 4) is 0 Å². The average Bonchev–Trinajstić information content (AvgIpc) is 3.18. The standard InChI is InChI=1S/C21H25N5O5S/c1-16(19(27)24-10-12-25(13-11-24)21-22-7-3-8-23-21)31-20(28)17-5-2-6-18(15-17)26-9-4-14-32(26,29)30/h2-3,5-8,15-16H,4,9-14H2,1H3. The molecule has 1 atom stereocenters. The van der Waals surface area contributed by atoms with Gasteiger partial charge in [0.15, 0.2) is 6.10 Å². The predicted octanol–water partition coefficient (Wildman–Crippen LogP) is 0.911. The van der Waals surface area contributed by atoms with Gasteiger partial charge in [-0.15, -0.1) is 0 Å². The van der Waals surface area contributed by atoms with Crippen molar-refractivity contribution in [2.24, 2.45) is 0 Å². The van der Waals surface area contributed by atoms with E-state index < -0.39 is 22.1 Å². The number of esters is 1. The molecule has 0 spiro atoms. The molecule has 1 unspecified atom stereocenters. The molecule has 11 heteroatoms. The third-order valence-electron chi connectivity index (χ3n) is 5.53. The maximum Gasteiger partial charge on any atom is 0.338 e. The minimum atomic E-state index is -3.35. The zero-order valence-corrected chi connectivity index (χ0v) is 18.6. The van der Waals surface area contributed by atoms with Crippen molar-refractivity contribution in [3.63, 3.8) is 0 Å². The van der Waals surface area contributed by atoms with E-state index >= 15 is 0 Å². The van der Waals surface area contributed by atoms with Crippen LogP contribution in [0.3, 0.4) is 0 Å². The van der Waals surface area contributed by atoms with Crippen molar-refractivity contribution in [3.05, 3.63) is 48.3 Å². The zero-order valence-electron chi connectivity index (χ0n) is 17.8. The van der Waals surface area contributed by atoms with Gasteiger partial charge in [0, 0.05) is 45.1 Å². The molecule has 0 radical (unpaired) electrons. The Balaban J connectivity index is 1.35. The Morgan fingerprint density at radius 2 is 1.75 bits per heavy atom. The first kappa shape index (κ1) is 22.0. The number of amides is 1. The molecule has 1 aromatic heterocycles. The molecule has 0 saturated carbocycles. The van der Waals surface area contributed by atoms with Crippen molar-refractivity contribution in [1.82, 2.24) is 14.9 Å². The Hall–Kier alpha value is -3.21. The first-order valence-corrected chi connectivity index (χ1v) is 12.1. The van der Waals surface area contributed by atoms with Crippen LogP contribution in [0.25, 0.3) is 0 Å². The average molecular weight is 460 g/mol. The van der Waals surface area contributed by atoms with E-state index in [9.17, 15) is 18.0 Å². The molecule has 2 aliphatic rings. The third-order valence-corrected chi connectivity index (χ3v) is 7.40. The zero-order chi connectivity index (χ0) is 22.7. The fraction of sp³-hybridized carbons (Fsp3) is 0.429. The van der Waals surface area contributed by atoms with E-state index in [4.69, 9.17) is 4.74 Å². The first-order chi connectivity index (χ1) is 15.3. The normalized spacial score (nSPS) is 19.0. The summed E-state index contributed by atoms with van der Waals surface area (Å²) in [6, 6.07) is 8.03. The summed E-state index contributed by atoms with van der Waals surface area (Å²) in [5, 5.41) is 0. The second-order valence-electron chi connectivity index (χ2n) is 7.70. The molecule has 170 valence electrons. The van der Waals surface area contributed by atoms with Crippen LogP contribution < -0.4 is 9.21 Å². The van der Waals surface area contributed by atoms with E-state index in [1.54, 1.807) is 48.5 Å². The molecule has 4 rings (SSSR count). The quantitative estimate of drug-likeness (QED) is 0.607. The van der Waals surface area contributed by atoms with Gasteiger partial charge in [-0.25, -0.2) is 23.2 Å². The summed E-state index contributed by atoms with van der Waals surface area (Å²) in [5.41, 5.74) is 0.630. The lowest BCUT2D eigenvalue weighted by molar-refractivity contribution is -0.140. The Kier molecular flexibility index (Phi) is 6.26. The number of hydrogen-bond acceptors (Lipinski definition) is 8. The summed E-state index contributed by atoms with van der Waals surface area (Å²) in [5.74, 6) is -0.221. The van der Waals surface area contributed by atoms with Crippen molar-refractivity contribution in [1.29, 1.82) is 0 Å². The largest absolute Gasteiger partial charge is 0.449 e. The van der Waals surface area contributed by atoms with Crippen LogP contribution in [0.15, 0.2) is 42.7 Å². The number of nitrogens with zero attached hydrogens (tertiary/aromatic N) is 5. The van der Waals surface area contributed by atoms with Crippen molar-refractivity contribution in [2.45, 2.75) is 19.4 Å². The van der Waals surface area contributed by atoms with Gasteiger partial charge in [-0.1, -0.05) is 6.07 Å². The number of ether oxygens (including phenoxy) is 1. The van der Waals surface area contributed by atoms with E-state index in [1.165, 1.54) is 10.4 Å². The number of sulfonamides is 1. The molecular weight excluding hydrogens is 434 g/mol. The monoisotopic (exact) mass is 459 g/mol.